The molecular formula is C21H21BrF3N3O2. The summed E-state index contributed by atoms with van der Waals surface area (Å²) in [6.07, 6.45) is 2.51. The van der Waals surface area contributed by atoms with Gasteiger partial charge >= 0.3 is 6.36 Å². The number of alkyl halides is 3. The van der Waals surface area contributed by atoms with Crippen LogP contribution in [0.25, 0.3) is 0 Å². The molecule has 2 aromatic rings. The molecule has 0 spiro atoms. The Morgan fingerprint density at radius 1 is 1.23 bits per heavy atom. The molecule has 0 amide bonds. The second kappa shape index (κ2) is 8.79. The van der Waals surface area contributed by atoms with E-state index in [4.69, 9.17) is 16.2 Å². The predicted octanol–water partition coefficient (Wildman–Crippen LogP) is 4.29. The SMILES string of the molecule is Cc1ccc(COC2=CC(N)(Cc3ccc(OC(F)(F)F)cc3Br)C(N)C=C2)nc1. The number of allylic oxidation sites excluding steroid dienone is 1. The number of nitrogens with two attached hydrogens (primary N) is 2. The highest BCUT2D eigenvalue weighted by atomic mass is 79.9. The second-order valence-electron chi connectivity index (χ2n) is 7.14. The Morgan fingerprint density at radius 2 is 2.00 bits per heavy atom. The van der Waals surface area contributed by atoms with Crippen molar-refractivity contribution in [3.05, 3.63) is 81.8 Å². The Morgan fingerprint density at radius 3 is 2.63 bits per heavy atom. The number of benzene rings is 1. The Labute approximate surface area is 180 Å². The van der Waals surface area contributed by atoms with Crippen molar-refractivity contribution in [3.63, 3.8) is 0 Å². The van der Waals surface area contributed by atoms with E-state index < -0.39 is 17.9 Å². The number of hydrogen-bond donors (Lipinski definition) is 2. The molecule has 0 bridgehead atoms. The van der Waals surface area contributed by atoms with Gasteiger partial charge in [-0.15, -0.1) is 13.2 Å². The maximum absolute atomic E-state index is 12.4. The first-order chi connectivity index (χ1) is 14.0. The quantitative estimate of drug-likeness (QED) is 0.640. The minimum absolute atomic E-state index is 0.273. The summed E-state index contributed by atoms with van der Waals surface area (Å²) in [5.74, 6) is 0.233. The largest absolute Gasteiger partial charge is 0.573 e. The van der Waals surface area contributed by atoms with Crippen LogP contribution in [0.5, 0.6) is 5.75 Å². The highest BCUT2D eigenvalue weighted by molar-refractivity contribution is 9.10. The second-order valence-corrected chi connectivity index (χ2v) is 7.99. The molecule has 1 aromatic carbocycles. The molecular weight excluding hydrogens is 463 g/mol. The van der Waals surface area contributed by atoms with Gasteiger partial charge in [-0.05, 0) is 54.8 Å². The molecule has 4 N–H and O–H groups in total. The van der Waals surface area contributed by atoms with E-state index in [1.165, 1.54) is 18.2 Å². The molecule has 5 nitrogen and oxygen atoms in total. The third-order valence-corrected chi connectivity index (χ3v) is 5.35. The summed E-state index contributed by atoms with van der Waals surface area (Å²) in [5, 5.41) is 0. The van der Waals surface area contributed by atoms with Crippen LogP contribution in [0.2, 0.25) is 0 Å². The molecule has 9 heteroatoms. The zero-order valence-electron chi connectivity index (χ0n) is 16.1. The average molecular weight is 484 g/mol. The van der Waals surface area contributed by atoms with Crippen molar-refractivity contribution in [3.8, 4) is 5.75 Å². The van der Waals surface area contributed by atoms with Crippen LogP contribution in [0.3, 0.4) is 0 Å². The van der Waals surface area contributed by atoms with Gasteiger partial charge in [-0.1, -0.05) is 34.1 Å². The van der Waals surface area contributed by atoms with Crippen LogP contribution in [0.4, 0.5) is 13.2 Å². The smallest absolute Gasteiger partial charge is 0.488 e. The summed E-state index contributed by atoms with van der Waals surface area (Å²) in [6.45, 7) is 2.23. The van der Waals surface area contributed by atoms with E-state index in [0.717, 1.165) is 11.3 Å². The molecule has 0 saturated carbocycles. The number of halogens is 4. The summed E-state index contributed by atoms with van der Waals surface area (Å²) >= 11 is 3.29. The standard InChI is InChI=1S/C21H21BrF3N3O2/c1-13-2-4-15(28-11-13)12-29-17-6-7-19(26)20(27,10-17)9-14-3-5-16(8-18(14)22)30-21(23,24)25/h2-8,10-11,19H,9,12,26-27H2,1H3. The van der Waals surface area contributed by atoms with Crippen molar-refractivity contribution < 1.29 is 22.6 Å². The number of pyridine rings is 1. The summed E-state index contributed by atoms with van der Waals surface area (Å²) < 4.78 is 47.4. The molecule has 0 aliphatic heterocycles. The summed E-state index contributed by atoms with van der Waals surface area (Å²) in [6, 6.07) is 7.34. The molecule has 1 heterocycles. The molecule has 1 aliphatic rings. The van der Waals surface area contributed by atoms with Crippen molar-refractivity contribution in [2.45, 2.75) is 37.9 Å². The van der Waals surface area contributed by atoms with Gasteiger partial charge in [-0.3, -0.25) is 4.98 Å². The molecule has 3 rings (SSSR count). The molecule has 1 aliphatic carbocycles. The van der Waals surface area contributed by atoms with Crippen molar-refractivity contribution >= 4 is 15.9 Å². The van der Waals surface area contributed by atoms with Crippen molar-refractivity contribution in [1.29, 1.82) is 0 Å². The van der Waals surface area contributed by atoms with Gasteiger partial charge in [0, 0.05) is 16.7 Å². The maximum Gasteiger partial charge on any atom is 0.573 e. The molecule has 30 heavy (non-hydrogen) atoms. The number of nitrogens with zero attached hydrogens (tertiary/aromatic N) is 1. The third kappa shape index (κ3) is 5.84. The van der Waals surface area contributed by atoms with Crippen LogP contribution in [-0.4, -0.2) is 22.9 Å². The Balaban J connectivity index is 1.73. The number of hydrogen-bond acceptors (Lipinski definition) is 5. The zero-order valence-corrected chi connectivity index (χ0v) is 17.7. The topological polar surface area (TPSA) is 83.4 Å². The lowest BCUT2D eigenvalue weighted by atomic mass is 9.81. The van der Waals surface area contributed by atoms with Crippen LogP contribution < -0.4 is 16.2 Å². The van der Waals surface area contributed by atoms with Crippen LogP contribution in [0.15, 0.2) is 65.0 Å². The molecule has 2 atom stereocenters. The van der Waals surface area contributed by atoms with E-state index in [1.807, 2.05) is 19.1 Å². The third-order valence-electron chi connectivity index (χ3n) is 4.61. The highest BCUT2D eigenvalue weighted by Crippen LogP contribution is 2.31. The lowest BCUT2D eigenvalue weighted by Gasteiger charge is -2.34. The van der Waals surface area contributed by atoms with Crippen molar-refractivity contribution in [1.82, 2.24) is 4.98 Å². The van der Waals surface area contributed by atoms with E-state index in [2.05, 4.69) is 25.7 Å². The van der Waals surface area contributed by atoms with Gasteiger partial charge in [0.05, 0.1) is 11.2 Å². The van der Waals surface area contributed by atoms with E-state index in [-0.39, 0.29) is 18.8 Å². The predicted molar refractivity (Wildman–Crippen MR) is 110 cm³/mol. The van der Waals surface area contributed by atoms with Gasteiger partial charge in [-0.2, -0.15) is 0 Å². The van der Waals surface area contributed by atoms with E-state index in [9.17, 15) is 13.2 Å². The minimum atomic E-state index is -4.76. The fraction of sp³-hybridized carbons (Fsp3) is 0.286. The summed E-state index contributed by atoms with van der Waals surface area (Å²) in [4.78, 5) is 4.30. The lowest BCUT2D eigenvalue weighted by Crippen LogP contribution is -2.55. The van der Waals surface area contributed by atoms with Gasteiger partial charge < -0.3 is 20.9 Å². The van der Waals surface area contributed by atoms with Crippen LogP contribution in [0, 0.1) is 6.92 Å². The van der Waals surface area contributed by atoms with Gasteiger partial charge in [0.15, 0.2) is 0 Å². The minimum Gasteiger partial charge on any atom is -0.488 e. The lowest BCUT2D eigenvalue weighted by molar-refractivity contribution is -0.274. The Bertz CT molecular complexity index is 961. The van der Waals surface area contributed by atoms with E-state index in [0.29, 0.717) is 15.8 Å². The molecule has 0 saturated heterocycles. The maximum atomic E-state index is 12.4. The number of aryl methyl sites for hydroxylation is 1. The first kappa shape index (κ1) is 22.3. The van der Waals surface area contributed by atoms with Crippen molar-refractivity contribution in [2.75, 3.05) is 0 Å². The van der Waals surface area contributed by atoms with E-state index >= 15 is 0 Å². The Hall–Kier alpha value is -2.36. The van der Waals surface area contributed by atoms with Crippen LogP contribution in [-0.2, 0) is 17.8 Å². The van der Waals surface area contributed by atoms with Gasteiger partial charge in [0.25, 0.3) is 0 Å². The monoisotopic (exact) mass is 483 g/mol. The average Bonchev–Trinajstić information content (AvgIpc) is 2.65. The number of aromatic nitrogens is 1. The molecule has 1 aromatic heterocycles. The zero-order chi connectivity index (χ0) is 21.9. The number of rotatable bonds is 6. The van der Waals surface area contributed by atoms with Gasteiger partial charge in [-0.25, -0.2) is 0 Å². The first-order valence-electron chi connectivity index (χ1n) is 9.08. The van der Waals surface area contributed by atoms with Crippen molar-refractivity contribution in [2.24, 2.45) is 11.5 Å². The molecule has 2 unspecified atom stereocenters. The molecule has 0 fully saturated rings. The molecule has 0 radical (unpaired) electrons. The van der Waals surface area contributed by atoms with Crippen LogP contribution in [0.1, 0.15) is 16.8 Å². The van der Waals surface area contributed by atoms with Gasteiger partial charge in [0.1, 0.15) is 18.1 Å². The van der Waals surface area contributed by atoms with Gasteiger partial charge in [0.2, 0.25) is 0 Å². The summed E-state index contributed by atoms with van der Waals surface area (Å²) in [7, 11) is 0. The first-order valence-corrected chi connectivity index (χ1v) is 9.87. The molecule has 160 valence electrons. The van der Waals surface area contributed by atoms with E-state index in [1.54, 1.807) is 24.4 Å². The number of ether oxygens (including phenoxy) is 2. The summed E-state index contributed by atoms with van der Waals surface area (Å²) in [5.41, 5.74) is 14.3. The van der Waals surface area contributed by atoms with Crippen LogP contribution >= 0.6 is 15.9 Å². The Kier molecular flexibility index (Phi) is 6.54. The normalized spacial score (nSPS) is 21.3. The highest BCUT2D eigenvalue weighted by Gasteiger charge is 2.34. The fourth-order valence-corrected chi connectivity index (χ4v) is 3.48. The fourth-order valence-electron chi connectivity index (χ4n) is 2.98.